The minimum atomic E-state index is 0.357. The largest absolute Gasteiger partial charge is 0.304 e. The van der Waals surface area contributed by atoms with Gasteiger partial charge in [-0.05, 0) is 23.9 Å². The lowest BCUT2D eigenvalue weighted by Gasteiger charge is -2.10. The lowest BCUT2D eigenvalue weighted by Crippen LogP contribution is -1.96. The summed E-state index contributed by atoms with van der Waals surface area (Å²) in [6.07, 6.45) is 0. The number of thioether (sulfide) groups is 1. The summed E-state index contributed by atoms with van der Waals surface area (Å²) in [4.78, 5) is 1.15. The van der Waals surface area contributed by atoms with Gasteiger partial charge in [0, 0.05) is 12.3 Å². The van der Waals surface area contributed by atoms with E-state index < -0.39 is 0 Å². The Morgan fingerprint density at radius 2 is 1.90 bits per heavy atom. The van der Waals surface area contributed by atoms with Gasteiger partial charge in [-0.3, -0.25) is 0 Å². The Kier molecular flexibility index (Phi) is 3.89. The van der Waals surface area contributed by atoms with Crippen molar-refractivity contribution in [2.24, 2.45) is 7.05 Å². The zero-order valence-electron chi connectivity index (χ0n) is 11.4. The van der Waals surface area contributed by atoms with Gasteiger partial charge in [-0.1, -0.05) is 48.2 Å². The second-order valence-corrected chi connectivity index (χ2v) is 6.77. The highest BCUT2D eigenvalue weighted by Gasteiger charge is 2.15. The van der Waals surface area contributed by atoms with Crippen molar-refractivity contribution in [2.75, 3.05) is 0 Å². The van der Waals surface area contributed by atoms with Crippen LogP contribution >= 0.6 is 23.1 Å². The predicted octanol–water partition coefficient (Wildman–Crippen LogP) is 4.40. The molecular formula is C15H15N3S2. The Morgan fingerprint density at radius 1 is 1.10 bits per heavy atom. The van der Waals surface area contributed by atoms with Crippen LogP contribution in [-0.2, 0) is 7.05 Å². The molecule has 0 aliphatic rings. The van der Waals surface area contributed by atoms with Gasteiger partial charge in [0.2, 0.25) is 0 Å². The van der Waals surface area contributed by atoms with Crippen LogP contribution in [-0.4, -0.2) is 14.8 Å². The maximum Gasteiger partial charge on any atom is 0.191 e. The number of hydrogen-bond donors (Lipinski definition) is 0. The maximum atomic E-state index is 4.32. The van der Waals surface area contributed by atoms with E-state index >= 15 is 0 Å². The highest BCUT2D eigenvalue weighted by Crippen LogP contribution is 2.35. The number of aromatic nitrogens is 3. The molecule has 2 heterocycles. The van der Waals surface area contributed by atoms with Crippen molar-refractivity contribution >= 4 is 23.1 Å². The Morgan fingerprint density at radius 3 is 2.60 bits per heavy atom. The van der Waals surface area contributed by atoms with E-state index in [9.17, 15) is 0 Å². The lowest BCUT2D eigenvalue weighted by molar-refractivity contribution is 0.791. The highest BCUT2D eigenvalue weighted by atomic mass is 32.2. The first-order valence-electron chi connectivity index (χ1n) is 6.40. The average molecular weight is 301 g/mol. The van der Waals surface area contributed by atoms with Crippen LogP contribution in [0.25, 0.3) is 10.7 Å². The van der Waals surface area contributed by atoms with Gasteiger partial charge in [-0.2, -0.15) is 0 Å². The molecule has 5 heteroatoms. The molecular weight excluding hydrogens is 286 g/mol. The fourth-order valence-corrected chi connectivity index (χ4v) is 3.67. The monoisotopic (exact) mass is 301 g/mol. The molecule has 20 heavy (non-hydrogen) atoms. The van der Waals surface area contributed by atoms with E-state index in [1.165, 1.54) is 5.56 Å². The standard InChI is InChI=1S/C15H15N3S2/c1-11(12-7-4-3-5-8-12)20-15-17-16-14(18(15)2)13-9-6-10-19-13/h3-11H,1-2H3. The third kappa shape index (κ3) is 2.64. The second-order valence-electron chi connectivity index (χ2n) is 4.51. The van der Waals surface area contributed by atoms with Gasteiger partial charge in [0.15, 0.2) is 11.0 Å². The van der Waals surface area contributed by atoms with E-state index in [0.717, 1.165) is 15.9 Å². The second kappa shape index (κ2) is 5.81. The normalized spacial score (nSPS) is 12.5. The summed E-state index contributed by atoms with van der Waals surface area (Å²) >= 11 is 3.42. The fourth-order valence-electron chi connectivity index (χ4n) is 1.99. The van der Waals surface area contributed by atoms with E-state index in [1.807, 2.05) is 19.2 Å². The summed E-state index contributed by atoms with van der Waals surface area (Å²) in [6, 6.07) is 14.6. The average Bonchev–Trinajstić information content (AvgIpc) is 3.11. The van der Waals surface area contributed by atoms with Gasteiger partial charge >= 0.3 is 0 Å². The van der Waals surface area contributed by atoms with E-state index in [4.69, 9.17) is 0 Å². The smallest absolute Gasteiger partial charge is 0.191 e. The topological polar surface area (TPSA) is 30.7 Å². The molecule has 2 aromatic heterocycles. The van der Waals surface area contributed by atoms with Crippen LogP contribution in [0.1, 0.15) is 17.7 Å². The molecule has 0 N–H and O–H groups in total. The molecule has 1 aromatic carbocycles. The van der Waals surface area contributed by atoms with Gasteiger partial charge in [0.1, 0.15) is 0 Å². The van der Waals surface area contributed by atoms with Crippen molar-refractivity contribution in [1.82, 2.24) is 14.8 Å². The van der Waals surface area contributed by atoms with Crippen LogP contribution in [0.5, 0.6) is 0 Å². The molecule has 0 aliphatic carbocycles. The van der Waals surface area contributed by atoms with Gasteiger partial charge in [0.05, 0.1) is 4.88 Å². The van der Waals surface area contributed by atoms with E-state index in [-0.39, 0.29) is 0 Å². The van der Waals surface area contributed by atoms with Crippen LogP contribution < -0.4 is 0 Å². The van der Waals surface area contributed by atoms with Crippen molar-refractivity contribution in [1.29, 1.82) is 0 Å². The number of hydrogen-bond acceptors (Lipinski definition) is 4. The summed E-state index contributed by atoms with van der Waals surface area (Å²) in [5.74, 6) is 0.933. The van der Waals surface area contributed by atoms with E-state index in [2.05, 4.69) is 57.4 Å². The Bertz CT molecular complexity index is 674. The van der Waals surface area contributed by atoms with E-state index in [1.54, 1.807) is 23.1 Å². The van der Waals surface area contributed by atoms with E-state index in [0.29, 0.717) is 5.25 Å². The SMILES string of the molecule is CC(Sc1nnc(-c2cccs2)n1C)c1ccccc1. The summed E-state index contributed by atoms with van der Waals surface area (Å²) < 4.78 is 2.07. The minimum absolute atomic E-state index is 0.357. The molecule has 102 valence electrons. The molecule has 1 atom stereocenters. The van der Waals surface area contributed by atoms with Crippen molar-refractivity contribution < 1.29 is 0 Å². The van der Waals surface area contributed by atoms with Crippen LogP contribution in [0.15, 0.2) is 53.0 Å². The summed E-state index contributed by atoms with van der Waals surface area (Å²) in [7, 11) is 2.02. The zero-order valence-corrected chi connectivity index (χ0v) is 13.0. The molecule has 3 rings (SSSR count). The van der Waals surface area contributed by atoms with Crippen molar-refractivity contribution in [2.45, 2.75) is 17.3 Å². The Labute approximate surface area is 126 Å². The predicted molar refractivity (Wildman–Crippen MR) is 85.0 cm³/mol. The maximum absolute atomic E-state index is 4.32. The van der Waals surface area contributed by atoms with Crippen LogP contribution in [0.3, 0.4) is 0 Å². The summed E-state index contributed by atoms with van der Waals surface area (Å²) in [5, 5.41) is 12.0. The number of thiophene rings is 1. The Hall–Kier alpha value is -1.59. The molecule has 0 fully saturated rings. The minimum Gasteiger partial charge on any atom is -0.304 e. The number of nitrogens with zero attached hydrogens (tertiary/aromatic N) is 3. The molecule has 3 aromatic rings. The quantitative estimate of drug-likeness (QED) is 0.669. The van der Waals surface area contributed by atoms with Gasteiger partial charge < -0.3 is 4.57 Å². The zero-order chi connectivity index (χ0) is 13.9. The molecule has 3 nitrogen and oxygen atoms in total. The first-order valence-corrected chi connectivity index (χ1v) is 8.16. The van der Waals surface area contributed by atoms with Crippen LogP contribution in [0.2, 0.25) is 0 Å². The molecule has 0 aliphatic heterocycles. The summed E-state index contributed by atoms with van der Waals surface area (Å²) in [5.41, 5.74) is 1.30. The van der Waals surface area contributed by atoms with Crippen molar-refractivity contribution in [3.05, 3.63) is 53.4 Å². The third-order valence-corrected chi connectivity index (χ3v) is 5.19. The van der Waals surface area contributed by atoms with Crippen molar-refractivity contribution in [3.8, 4) is 10.7 Å². The van der Waals surface area contributed by atoms with Crippen LogP contribution in [0, 0.1) is 0 Å². The molecule has 0 amide bonds. The van der Waals surface area contributed by atoms with Gasteiger partial charge in [-0.15, -0.1) is 21.5 Å². The molecule has 0 saturated carbocycles. The van der Waals surface area contributed by atoms with Crippen LogP contribution in [0.4, 0.5) is 0 Å². The van der Waals surface area contributed by atoms with Gasteiger partial charge in [0.25, 0.3) is 0 Å². The lowest BCUT2D eigenvalue weighted by atomic mass is 10.2. The number of rotatable bonds is 4. The Balaban J connectivity index is 1.82. The first-order chi connectivity index (χ1) is 9.75. The molecule has 0 spiro atoms. The van der Waals surface area contributed by atoms with Crippen molar-refractivity contribution in [3.63, 3.8) is 0 Å². The summed E-state index contributed by atoms with van der Waals surface area (Å²) in [6.45, 7) is 2.19. The first kappa shape index (κ1) is 13.4. The van der Waals surface area contributed by atoms with Gasteiger partial charge in [-0.25, -0.2) is 0 Å². The molecule has 0 bridgehead atoms. The molecule has 1 unspecified atom stereocenters. The number of benzene rings is 1. The highest BCUT2D eigenvalue weighted by molar-refractivity contribution is 7.99. The third-order valence-electron chi connectivity index (χ3n) is 3.13. The molecule has 0 saturated heterocycles. The fraction of sp³-hybridized carbons (Fsp3) is 0.200. The molecule has 0 radical (unpaired) electrons.